The summed E-state index contributed by atoms with van der Waals surface area (Å²) in [6.45, 7) is 0. The number of anilines is 1. The third-order valence-electron chi connectivity index (χ3n) is 4.53. The number of hydrogen-bond donors (Lipinski definition) is 2. The van der Waals surface area contributed by atoms with Gasteiger partial charge in [-0.3, -0.25) is 9.59 Å². The van der Waals surface area contributed by atoms with Crippen molar-refractivity contribution in [1.82, 2.24) is 0 Å². The van der Waals surface area contributed by atoms with E-state index in [0.29, 0.717) is 30.0 Å². The number of nitrogens with one attached hydrogen (secondary N) is 1. The maximum Gasteiger partial charge on any atom is 0.310 e. The first-order valence-electron chi connectivity index (χ1n) is 7.46. The first kappa shape index (κ1) is 15.6. The molecule has 2 aliphatic heterocycles. The Morgan fingerprint density at radius 1 is 1.17 bits per heavy atom. The molecule has 2 bridgehead atoms. The molecule has 2 heterocycles. The second-order valence-electron chi connectivity index (χ2n) is 5.74. The van der Waals surface area contributed by atoms with Crippen LogP contribution in [0.15, 0.2) is 18.2 Å². The number of rotatable bonds is 5. The number of amides is 1. The second kappa shape index (κ2) is 6.08. The Morgan fingerprint density at radius 2 is 1.87 bits per heavy atom. The number of hydrogen-bond acceptors (Lipinski definition) is 5. The van der Waals surface area contributed by atoms with E-state index in [9.17, 15) is 14.7 Å². The molecule has 2 N–H and O–H groups in total. The zero-order valence-corrected chi connectivity index (χ0v) is 12.9. The monoisotopic (exact) mass is 321 g/mol. The maximum absolute atomic E-state index is 12.6. The third kappa shape index (κ3) is 2.72. The van der Waals surface area contributed by atoms with Crippen molar-refractivity contribution in [2.75, 3.05) is 19.5 Å². The predicted molar refractivity (Wildman–Crippen MR) is 80.7 cm³/mol. The Morgan fingerprint density at radius 3 is 2.48 bits per heavy atom. The summed E-state index contributed by atoms with van der Waals surface area (Å²) in [5.41, 5.74) is 0.477. The highest BCUT2D eigenvalue weighted by atomic mass is 16.5. The molecule has 7 heteroatoms. The van der Waals surface area contributed by atoms with Crippen molar-refractivity contribution in [3.05, 3.63) is 18.2 Å². The molecule has 0 aliphatic carbocycles. The number of carboxylic acid groups (broad SMARTS) is 1. The molecule has 124 valence electrons. The van der Waals surface area contributed by atoms with Gasteiger partial charge in [-0.05, 0) is 25.0 Å². The molecule has 0 aromatic heterocycles. The Balaban J connectivity index is 1.80. The topological polar surface area (TPSA) is 94.1 Å². The summed E-state index contributed by atoms with van der Waals surface area (Å²) in [6.07, 6.45) is 0.708. The van der Waals surface area contributed by atoms with E-state index in [2.05, 4.69) is 5.32 Å². The van der Waals surface area contributed by atoms with Crippen molar-refractivity contribution in [2.24, 2.45) is 11.8 Å². The van der Waals surface area contributed by atoms with E-state index < -0.39 is 17.8 Å². The third-order valence-corrected chi connectivity index (χ3v) is 4.53. The van der Waals surface area contributed by atoms with Crippen LogP contribution in [0.5, 0.6) is 11.5 Å². The van der Waals surface area contributed by atoms with Crippen LogP contribution in [0.25, 0.3) is 0 Å². The summed E-state index contributed by atoms with van der Waals surface area (Å²) in [6, 6.07) is 5.02. The van der Waals surface area contributed by atoms with Crippen molar-refractivity contribution in [1.29, 1.82) is 0 Å². The van der Waals surface area contributed by atoms with Crippen molar-refractivity contribution in [2.45, 2.75) is 25.0 Å². The molecule has 0 radical (unpaired) electrons. The summed E-state index contributed by atoms with van der Waals surface area (Å²) < 4.78 is 16.0. The number of benzene rings is 1. The summed E-state index contributed by atoms with van der Waals surface area (Å²) in [7, 11) is 3.03. The molecule has 3 rings (SSSR count). The van der Waals surface area contributed by atoms with E-state index >= 15 is 0 Å². The highest BCUT2D eigenvalue weighted by Gasteiger charge is 2.55. The van der Waals surface area contributed by atoms with E-state index in [-0.39, 0.29) is 18.1 Å². The molecule has 0 unspecified atom stereocenters. The van der Waals surface area contributed by atoms with Gasteiger partial charge in [-0.2, -0.15) is 0 Å². The quantitative estimate of drug-likeness (QED) is 0.854. The first-order valence-corrected chi connectivity index (χ1v) is 7.46. The molecule has 1 aromatic carbocycles. The normalized spacial score (nSPS) is 28.4. The average molecular weight is 321 g/mol. The zero-order chi connectivity index (χ0) is 16.6. The lowest BCUT2D eigenvalue weighted by atomic mass is 9.78. The summed E-state index contributed by atoms with van der Waals surface area (Å²) in [5.74, 6) is -1.76. The molecule has 2 aliphatic rings. The minimum Gasteiger partial charge on any atom is -0.497 e. The number of carboxylic acids is 1. The van der Waals surface area contributed by atoms with Gasteiger partial charge in [0.05, 0.1) is 44.0 Å². The lowest BCUT2D eigenvalue weighted by molar-refractivity contribution is -0.147. The molecular formula is C16H19NO6. The second-order valence-corrected chi connectivity index (χ2v) is 5.74. The van der Waals surface area contributed by atoms with E-state index in [0.717, 1.165) is 0 Å². The van der Waals surface area contributed by atoms with Crippen molar-refractivity contribution in [3.8, 4) is 11.5 Å². The lowest BCUT2D eigenvalue weighted by Crippen LogP contribution is -2.41. The van der Waals surface area contributed by atoms with Crippen LogP contribution in [0.2, 0.25) is 0 Å². The Bertz CT molecular complexity index is 631. The van der Waals surface area contributed by atoms with Crippen molar-refractivity contribution < 1.29 is 28.9 Å². The summed E-state index contributed by atoms with van der Waals surface area (Å²) in [4.78, 5) is 24.1. The van der Waals surface area contributed by atoms with Gasteiger partial charge < -0.3 is 24.6 Å². The maximum atomic E-state index is 12.6. The van der Waals surface area contributed by atoms with Gasteiger partial charge >= 0.3 is 5.97 Å². The van der Waals surface area contributed by atoms with Crippen LogP contribution in [-0.2, 0) is 14.3 Å². The molecule has 7 nitrogen and oxygen atoms in total. The highest BCUT2D eigenvalue weighted by molar-refractivity contribution is 5.97. The highest BCUT2D eigenvalue weighted by Crippen LogP contribution is 2.44. The molecule has 2 fully saturated rings. The van der Waals surface area contributed by atoms with Crippen LogP contribution < -0.4 is 14.8 Å². The fourth-order valence-electron chi connectivity index (χ4n) is 3.44. The molecule has 1 aromatic rings. The van der Waals surface area contributed by atoms with Crippen molar-refractivity contribution >= 4 is 17.6 Å². The predicted octanol–water partition coefficient (Wildman–Crippen LogP) is 1.52. The molecule has 0 saturated carbocycles. The number of carbonyl (C=O) groups excluding carboxylic acids is 1. The molecule has 4 atom stereocenters. The fourth-order valence-corrected chi connectivity index (χ4v) is 3.44. The van der Waals surface area contributed by atoms with Crippen LogP contribution in [0.4, 0.5) is 5.69 Å². The van der Waals surface area contributed by atoms with E-state index in [4.69, 9.17) is 14.2 Å². The number of carbonyl (C=O) groups is 2. The summed E-state index contributed by atoms with van der Waals surface area (Å²) in [5, 5.41) is 12.2. The SMILES string of the molecule is COc1ccc(NC(=O)[C@@H]2[C@@H](C(=O)O)[C@@H]3CC[C@H]2O3)c(OC)c1. The molecular weight excluding hydrogens is 302 g/mol. The van der Waals surface area contributed by atoms with Crippen LogP contribution in [0.1, 0.15) is 12.8 Å². The average Bonchev–Trinajstić information content (AvgIpc) is 3.16. The number of ether oxygens (including phenoxy) is 3. The van der Waals surface area contributed by atoms with E-state index in [1.807, 2.05) is 0 Å². The fraction of sp³-hybridized carbons (Fsp3) is 0.500. The van der Waals surface area contributed by atoms with Gasteiger partial charge in [-0.1, -0.05) is 0 Å². The standard InChI is InChI=1S/C16H19NO6/c1-21-8-3-4-9(12(7-8)22-2)17-15(18)13-10-5-6-11(23-10)14(13)16(19)20/h3-4,7,10-11,13-14H,5-6H2,1-2H3,(H,17,18)(H,19,20)/t10-,11+,13+,14+/m1/s1. The molecule has 1 amide bonds. The van der Waals surface area contributed by atoms with Gasteiger partial charge in [0.15, 0.2) is 0 Å². The number of methoxy groups -OCH3 is 2. The van der Waals surface area contributed by atoms with Gasteiger partial charge in [0.1, 0.15) is 11.5 Å². The molecule has 2 saturated heterocycles. The van der Waals surface area contributed by atoms with Gasteiger partial charge in [-0.15, -0.1) is 0 Å². The van der Waals surface area contributed by atoms with Crippen LogP contribution in [0, 0.1) is 11.8 Å². The zero-order valence-electron chi connectivity index (χ0n) is 12.9. The van der Waals surface area contributed by atoms with E-state index in [1.54, 1.807) is 18.2 Å². The van der Waals surface area contributed by atoms with Crippen LogP contribution >= 0.6 is 0 Å². The first-order chi connectivity index (χ1) is 11.0. The van der Waals surface area contributed by atoms with E-state index in [1.165, 1.54) is 14.2 Å². The largest absolute Gasteiger partial charge is 0.497 e. The van der Waals surface area contributed by atoms with Crippen LogP contribution in [-0.4, -0.2) is 43.4 Å². The minimum absolute atomic E-state index is 0.328. The minimum atomic E-state index is -0.987. The van der Waals surface area contributed by atoms with Crippen LogP contribution in [0.3, 0.4) is 0 Å². The smallest absolute Gasteiger partial charge is 0.310 e. The molecule has 0 spiro atoms. The van der Waals surface area contributed by atoms with Gasteiger partial charge in [-0.25, -0.2) is 0 Å². The summed E-state index contributed by atoms with van der Waals surface area (Å²) >= 11 is 0. The Kier molecular flexibility index (Phi) is 4.12. The lowest BCUT2D eigenvalue weighted by Gasteiger charge is -2.24. The van der Waals surface area contributed by atoms with Gasteiger partial charge in [0.25, 0.3) is 0 Å². The van der Waals surface area contributed by atoms with Gasteiger partial charge in [0.2, 0.25) is 5.91 Å². The van der Waals surface area contributed by atoms with Crippen molar-refractivity contribution in [3.63, 3.8) is 0 Å². The molecule has 23 heavy (non-hydrogen) atoms. The number of aliphatic carboxylic acids is 1. The Hall–Kier alpha value is -2.28. The Labute approximate surface area is 133 Å². The number of fused-ring (bicyclic) bond motifs is 2. The van der Waals surface area contributed by atoms with Gasteiger partial charge in [0, 0.05) is 6.07 Å².